The molecule has 0 radical (unpaired) electrons. The minimum Gasteiger partial charge on any atom is -0.367 e. The van der Waals surface area contributed by atoms with Crippen LogP contribution in [-0.2, 0) is 11.2 Å². The van der Waals surface area contributed by atoms with E-state index in [1.165, 1.54) is 0 Å². The molecule has 0 aromatic carbocycles. The van der Waals surface area contributed by atoms with Crippen molar-refractivity contribution in [2.24, 2.45) is 0 Å². The van der Waals surface area contributed by atoms with E-state index in [-0.39, 0.29) is 23.3 Å². The largest absolute Gasteiger partial charge is 0.367 e. The zero-order valence-corrected chi connectivity index (χ0v) is 14.8. The van der Waals surface area contributed by atoms with Crippen LogP contribution in [0.5, 0.6) is 0 Å². The Labute approximate surface area is 142 Å². The Balaban J connectivity index is 1.49. The van der Waals surface area contributed by atoms with Gasteiger partial charge in [0, 0.05) is 25.4 Å². The van der Waals surface area contributed by atoms with Crippen molar-refractivity contribution in [3.8, 4) is 0 Å². The smallest absolute Gasteiger partial charge is 0.315 e. The van der Waals surface area contributed by atoms with E-state index in [1.807, 2.05) is 48.8 Å². The fraction of sp³-hybridized carbons (Fsp3) is 0.556. The fourth-order valence-electron chi connectivity index (χ4n) is 3.41. The van der Waals surface area contributed by atoms with E-state index < -0.39 is 0 Å². The highest BCUT2D eigenvalue weighted by Gasteiger charge is 2.46. The van der Waals surface area contributed by atoms with Gasteiger partial charge >= 0.3 is 6.03 Å². The number of urea groups is 1. The number of hydrogen-bond acceptors (Lipinski definition) is 3. The first-order valence-corrected chi connectivity index (χ1v) is 8.42. The predicted octanol–water partition coefficient (Wildman–Crippen LogP) is 2.52. The molecule has 1 saturated heterocycles. The molecular formula is C18H26N4O2. The summed E-state index contributed by atoms with van der Waals surface area (Å²) in [5, 5.41) is 5.95. The number of carbonyl (C=O) groups excluding carboxylic acids is 1. The second-order valence-electron chi connectivity index (χ2n) is 7.57. The minimum absolute atomic E-state index is 0.00249. The second-order valence-corrected chi connectivity index (χ2v) is 7.57. The van der Waals surface area contributed by atoms with Crippen molar-refractivity contribution in [3.05, 3.63) is 36.3 Å². The van der Waals surface area contributed by atoms with Crippen LogP contribution in [-0.4, -0.2) is 39.2 Å². The molecule has 130 valence electrons. The van der Waals surface area contributed by atoms with Gasteiger partial charge in [-0.05, 0) is 46.2 Å². The van der Waals surface area contributed by atoms with Crippen LogP contribution in [0.15, 0.2) is 30.6 Å². The molecule has 6 heteroatoms. The van der Waals surface area contributed by atoms with Gasteiger partial charge in [0.15, 0.2) is 0 Å². The summed E-state index contributed by atoms with van der Waals surface area (Å²) in [6.07, 6.45) is 5.46. The van der Waals surface area contributed by atoms with Gasteiger partial charge < -0.3 is 19.8 Å². The summed E-state index contributed by atoms with van der Waals surface area (Å²) >= 11 is 0. The van der Waals surface area contributed by atoms with E-state index in [0.717, 1.165) is 17.8 Å². The lowest BCUT2D eigenvalue weighted by atomic mass is 9.95. The van der Waals surface area contributed by atoms with Crippen LogP contribution >= 0.6 is 0 Å². The number of nitrogens with one attached hydrogen (secondary N) is 2. The van der Waals surface area contributed by atoms with E-state index in [1.54, 1.807) is 0 Å². The van der Waals surface area contributed by atoms with Crippen molar-refractivity contribution in [2.75, 3.05) is 6.54 Å². The van der Waals surface area contributed by atoms with Crippen molar-refractivity contribution in [1.29, 1.82) is 0 Å². The van der Waals surface area contributed by atoms with E-state index in [2.05, 4.69) is 29.5 Å². The first kappa shape index (κ1) is 16.8. The molecule has 0 spiro atoms. The Hall–Kier alpha value is -2.08. The van der Waals surface area contributed by atoms with Crippen LogP contribution in [0.4, 0.5) is 4.79 Å². The van der Waals surface area contributed by atoms with Crippen molar-refractivity contribution < 1.29 is 9.53 Å². The standard InChI is InChI=1S/C18H26N4O2/c1-17(2)11-14(18(3,4)24-17)21-16(23)19-9-8-13-12-22-10-6-5-7-15(22)20-13/h5-7,10,12,14H,8-9,11H2,1-4H3,(H2,19,21,23)/t14-/m0/s1. The molecule has 2 aromatic heterocycles. The molecule has 0 bridgehead atoms. The quantitative estimate of drug-likeness (QED) is 0.905. The molecule has 1 aliphatic heterocycles. The van der Waals surface area contributed by atoms with Gasteiger partial charge in [-0.25, -0.2) is 9.78 Å². The number of fused-ring (bicyclic) bond motifs is 1. The number of imidazole rings is 1. The molecule has 1 fully saturated rings. The van der Waals surface area contributed by atoms with E-state index in [9.17, 15) is 4.79 Å². The van der Waals surface area contributed by atoms with Crippen LogP contribution < -0.4 is 10.6 Å². The number of amides is 2. The maximum Gasteiger partial charge on any atom is 0.315 e. The molecular weight excluding hydrogens is 304 g/mol. The highest BCUT2D eigenvalue weighted by atomic mass is 16.5. The van der Waals surface area contributed by atoms with Crippen molar-refractivity contribution in [3.63, 3.8) is 0 Å². The maximum absolute atomic E-state index is 12.2. The normalized spacial score (nSPS) is 21.8. The molecule has 3 rings (SSSR count). The third-order valence-electron chi connectivity index (χ3n) is 4.46. The number of rotatable bonds is 4. The van der Waals surface area contributed by atoms with Gasteiger partial charge in [0.2, 0.25) is 0 Å². The third kappa shape index (κ3) is 3.70. The number of nitrogens with zero attached hydrogens (tertiary/aromatic N) is 2. The third-order valence-corrected chi connectivity index (χ3v) is 4.46. The lowest BCUT2D eigenvalue weighted by Crippen LogP contribution is -2.50. The number of pyridine rings is 1. The number of carbonyl (C=O) groups is 1. The first-order valence-electron chi connectivity index (χ1n) is 8.42. The molecule has 2 amide bonds. The molecule has 2 N–H and O–H groups in total. The zero-order chi connectivity index (χ0) is 17.4. The van der Waals surface area contributed by atoms with E-state index in [4.69, 9.17) is 4.74 Å². The Kier molecular flexibility index (Phi) is 4.25. The lowest BCUT2D eigenvalue weighted by Gasteiger charge is -2.27. The van der Waals surface area contributed by atoms with Gasteiger partial charge in [-0.1, -0.05) is 6.07 Å². The van der Waals surface area contributed by atoms with Gasteiger partial charge in [0.05, 0.1) is 22.9 Å². The first-order chi connectivity index (χ1) is 11.3. The predicted molar refractivity (Wildman–Crippen MR) is 93.1 cm³/mol. The molecule has 6 nitrogen and oxygen atoms in total. The van der Waals surface area contributed by atoms with Crippen LogP contribution in [0.3, 0.4) is 0 Å². The average Bonchev–Trinajstić information content (AvgIpc) is 2.96. The van der Waals surface area contributed by atoms with E-state index in [0.29, 0.717) is 13.0 Å². The number of hydrogen-bond donors (Lipinski definition) is 2. The van der Waals surface area contributed by atoms with Crippen LogP contribution in [0.25, 0.3) is 5.65 Å². The zero-order valence-electron chi connectivity index (χ0n) is 14.8. The summed E-state index contributed by atoms with van der Waals surface area (Å²) in [4.78, 5) is 16.7. The number of ether oxygens (including phenoxy) is 1. The second kappa shape index (κ2) is 6.09. The fourth-order valence-corrected chi connectivity index (χ4v) is 3.41. The van der Waals surface area contributed by atoms with E-state index >= 15 is 0 Å². The lowest BCUT2D eigenvalue weighted by molar-refractivity contribution is -0.0690. The van der Waals surface area contributed by atoms with Crippen molar-refractivity contribution in [1.82, 2.24) is 20.0 Å². The molecule has 0 unspecified atom stereocenters. The van der Waals surface area contributed by atoms with Crippen molar-refractivity contribution >= 4 is 11.7 Å². The van der Waals surface area contributed by atoms with Crippen LogP contribution in [0.1, 0.15) is 39.8 Å². The Morgan fingerprint density at radius 2 is 2.17 bits per heavy atom. The Morgan fingerprint density at radius 1 is 1.38 bits per heavy atom. The van der Waals surface area contributed by atoms with Crippen LogP contribution in [0.2, 0.25) is 0 Å². The summed E-state index contributed by atoms with van der Waals surface area (Å²) < 4.78 is 7.98. The highest BCUT2D eigenvalue weighted by molar-refractivity contribution is 5.74. The minimum atomic E-state index is -0.359. The summed E-state index contributed by atoms with van der Waals surface area (Å²) in [7, 11) is 0. The Morgan fingerprint density at radius 3 is 2.83 bits per heavy atom. The highest BCUT2D eigenvalue weighted by Crippen LogP contribution is 2.37. The average molecular weight is 330 g/mol. The van der Waals surface area contributed by atoms with Gasteiger partial charge in [-0.2, -0.15) is 0 Å². The van der Waals surface area contributed by atoms with Crippen LogP contribution in [0, 0.1) is 0 Å². The topological polar surface area (TPSA) is 67.7 Å². The molecule has 0 saturated carbocycles. The van der Waals surface area contributed by atoms with Gasteiger partial charge in [0.1, 0.15) is 5.65 Å². The van der Waals surface area contributed by atoms with Crippen molar-refractivity contribution in [2.45, 2.75) is 57.8 Å². The van der Waals surface area contributed by atoms with Gasteiger partial charge in [0.25, 0.3) is 0 Å². The summed E-state index contributed by atoms with van der Waals surface area (Å²) in [6.45, 7) is 8.69. The molecule has 2 aromatic rings. The summed E-state index contributed by atoms with van der Waals surface area (Å²) in [5.74, 6) is 0. The summed E-state index contributed by atoms with van der Waals surface area (Å²) in [5.41, 5.74) is 1.32. The Bertz CT molecular complexity index is 702. The molecule has 3 heterocycles. The SMILES string of the molecule is CC1(C)C[C@H](NC(=O)NCCc2cn3ccccc3n2)C(C)(C)O1. The number of aromatic nitrogens is 2. The monoisotopic (exact) mass is 330 g/mol. The molecule has 0 aliphatic carbocycles. The van der Waals surface area contributed by atoms with Gasteiger partial charge in [-0.3, -0.25) is 0 Å². The maximum atomic E-state index is 12.2. The summed E-state index contributed by atoms with van der Waals surface area (Å²) in [6, 6.07) is 5.75. The molecule has 24 heavy (non-hydrogen) atoms. The molecule has 1 atom stereocenters. The van der Waals surface area contributed by atoms with Gasteiger partial charge in [-0.15, -0.1) is 0 Å². The molecule has 1 aliphatic rings.